The van der Waals surface area contributed by atoms with Gasteiger partial charge in [-0.15, -0.1) is 0 Å². The monoisotopic (exact) mass is 952 g/mol. The van der Waals surface area contributed by atoms with E-state index in [9.17, 15) is 0 Å². The van der Waals surface area contributed by atoms with E-state index in [1.54, 1.807) is 0 Å². The molecule has 0 amide bonds. The molecule has 16 aromatic rings. The maximum Gasteiger partial charge on any atom is 0.159 e. The minimum Gasteiger partial charge on any atom is -0.454 e. The molecule has 0 spiro atoms. The van der Waals surface area contributed by atoms with Crippen molar-refractivity contribution in [3.8, 4) is 0 Å². The van der Waals surface area contributed by atoms with Gasteiger partial charge in [0.1, 0.15) is 22.3 Å². The van der Waals surface area contributed by atoms with Crippen molar-refractivity contribution in [3.63, 3.8) is 0 Å². The van der Waals surface area contributed by atoms with Crippen molar-refractivity contribution in [2.75, 3.05) is 9.80 Å². The molecule has 0 bridgehead atoms. The van der Waals surface area contributed by atoms with Gasteiger partial charge in [0.05, 0.1) is 34.1 Å². The molecular weight excluding hydrogens is 909 g/mol. The normalized spacial score (nSPS) is 12.4. The van der Waals surface area contributed by atoms with Gasteiger partial charge < -0.3 is 27.5 Å². The lowest BCUT2D eigenvalue weighted by Crippen LogP contribution is -2.12. The maximum atomic E-state index is 7.14. The lowest BCUT2D eigenvalue weighted by Gasteiger charge is -2.29. The Morgan fingerprint density at radius 3 is 1.14 bits per heavy atom. The van der Waals surface area contributed by atoms with Gasteiger partial charge in [-0.25, -0.2) is 0 Å². The number of anilines is 6. The predicted molar refractivity (Wildman–Crippen MR) is 307 cm³/mol. The topological polar surface area (TPSA) is 59.0 Å². The molecule has 350 valence electrons. The maximum absolute atomic E-state index is 7.14. The first-order chi connectivity index (χ1) is 36.5. The molecule has 4 aromatic heterocycles. The van der Waals surface area contributed by atoms with Gasteiger partial charge in [-0.2, -0.15) is 0 Å². The van der Waals surface area contributed by atoms with E-state index in [1.807, 2.05) is 12.1 Å². The summed E-state index contributed by atoms with van der Waals surface area (Å²) in [5.41, 5.74) is 14.7. The van der Waals surface area contributed by atoms with E-state index >= 15 is 0 Å². The Labute approximate surface area is 423 Å². The summed E-state index contributed by atoms with van der Waals surface area (Å²) < 4.78 is 27.9. The van der Waals surface area contributed by atoms with Gasteiger partial charge in [0.25, 0.3) is 0 Å². The Hall–Kier alpha value is -9.52. The number of aryl methyl sites for hydroxylation is 1. The highest BCUT2D eigenvalue weighted by atomic mass is 16.3. The molecular formula is C68H44N2O4. The third kappa shape index (κ3) is 5.65. The Morgan fingerprint density at radius 1 is 0.284 bits per heavy atom. The van der Waals surface area contributed by atoms with Crippen molar-refractivity contribution in [2.24, 2.45) is 0 Å². The summed E-state index contributed by atoms with van der Waals surface area (Å²) >= 11 is 0. The Kier molecular flexibility index (Phi) is 8.48. The lowest BCUT2D eigenvalue weighted by atomic mass is 9.91. The van der Waals surface area contributed by atoms with Crippen LogP contribution in [-0.4, -0.2) is 0 Å². The molecule has 0 saturated heterocycles. The molecule has 0 N–H and O–H groups in total. The second-order valence-corrected chi connectivity index (χ2v) is 20.1. The predicted octanol–water partition coefficient (Wildman–Crippen LogP) is 20.6. The second-order valence-electron chi connectivity index (χ2n) is 20.1. The van der Waals surface area contributed by atoms with E-state index in [1.165, 1.54) is 16.3 Å². The van der Waals surface area contributed by atoms with Crippen LogP contribution in [0.25, 0.3) is 120 Å². The molecule has 0 aliphatic rings. The Morgan fingerprint density at radius 2 is 0.649 bits per heavy atom. The molecule has 6 heteroatoms. The summed E-state index contributed by atoms with van der Waals surface area (Å²) in [4.78, 5) is 4.73. The average molecular weight is 953 g/mol. The molecule has 0 atom stereocenters. The van der Waals surface area contributed by atoms with Crippen LogP contribution in [0.4, 0.5) is 34.1 Å². The van der Waals surface area contributed by atoms with Crippen LogP contribution in [0.2, 0.25) is 0 Å². The number of furan rings is 4. The fourth-order valence-electron chi connectivity index (χ4n) is 12.3. The third-order valence-corrected chi connectivity index (χ3v) is 15.7. The summed E-state index contributed by atoms with van der Waals surface area (Å²) in [6, 6.07) is 73.7. The van der Waals surface area contributed by atoms with E-state index in [-0.39, 0.29) is 5.92 Å². The summed E-state index contributed by atoms with van der Waals surface area (Å²) in [7, 11) is 0. The fraction of sp³-hybridized carbons (Fsp3) is 0.0588. The molecule has 74 heavy (non-hydrogen) atoms. The average Bonchev–Trinajstić information content (AvgIpc) is 4.23. The van der Waals surface area contributed by atoms with Crippen LogP contribution in [0.1, 0.15) is 30.9 Å². The van der Waals surface area contributed by atoms with Crippen LogP contribution in [-0.2, 0) is 0 Å². The third-order valence-electron chi connectivity index (χ3n) is 15.7. The van der Waals surface area contributed by atoms with Crippen LogP contribution < -0.4 is 9.80 Å². The van der Waals surface area contributed by atoms with Gasteiger partial charge in [-0.05, 0) is 94.0 Å². The van der Waals surface area contributed by atoms with Crippen LogP contribution in [0.3, 0.4) is 0 Å². The van der Waals surface area contributed by atoms with Crippen molar-refractivity contribution >= 4 is 154 Å². The molecule has 6 nitrogen and oxygen atoms in total. The van der Waals surface area contributed by atoms with E-state index in [4.69, 9.17) is 17.7 Å². The van der Waals surface area contributed by atoms with E-state index in [0.717, 1.165) is 149 Å². The number of hydrogen-bond acceptors (Lipinski definition) is 6. The van der Waals surface area contributed by atoms with Crippen LogP contribution >= 0.6 is 0 Å². The van der Waals surface area contributed by atoms with Crippen molar-refractivity contribution < 1.29 is 17.7 Å². The first kappa shape index (κ1) is 41.1. The summed E-state index contributed by atoms with van der Waals surface area (Å²) in [5, 5.41) is 15.4. The number of fused-ring (bicyclic) bond motifs is 12. The molecule has 0 unspecified atom stereocenters. The molecule has 0 saturated carbocycles. The fourth-order valence-corrected chi connectivity index (χ4v) is 12.3. The summed E-state index contributed by atoms with van der Waals surface area (Å²) in [5.74, 6) is 0.281. The van der Waals surface area contributed by atoms with Gasteiger partial charge in [0.15, 0.2) is 22.3 Å². The number of rotatable bonds is 7. The van der Waals surface area contributed by atoms with E-state index < -0.39 is 0 Å². The molecule has 0 aliphatic carbocycles. The lowest BCUT2D eigenvalue weighted by molar-refractivity contribution is 0.656. The van der Waals surface area contributed by atoms with E-state index in [2.05, 4.69) is 225 Å². The Bertz CT molecular complexity index is 4990. The highest BCUT2D eigenvalue weighted by Crippen LogP contribution is 2.53. The SMILES string of the molecule is Cc1cccc2c1oc1c(N(c3ccc4ccc5c(N(c6cccc7c6oc6ccccc67)c6cccc7c6oc6c(C(C)C)cccc67)ccc6ccc3c4c65)c3cccc4c3oc3ccccc34)cccc12. The van der Waals surface area contributed by atoms with Crippen LogP contribution in [0.5, 0.6) is 0 Å². The van der Waals surface area contributed by atoms with Crippen molar-refractivity contribution in [1.82, 2.24) is 0 Å². The summed E-state index contributed by atoms with van der Waals surface area (Å²) in [6.07, 6.45) is 0. The van der Waals surface area contributed by atoms with Gasteiger partial charge >= 0.3 is 0 Å². The van der Waals surface area contributed by atoms with Crippen molar-refractivity contribution in [2.45, 2.75) is 26.7 Å². The smallest absolute Gasteiger partial charge is 0.159 e. The molecule has 12 aromatic carbocycles. The van der Waals surface area contributed by atoms with Crippen LogP contribution in [0, 0.1) is 6.92 Å². The van der Waals surface area contributed by atoms with Gasteiger partial charge in [0.2, 0.25) is 0 Å². The molecule has 16 rings (SSSR count). The van der Waals surface area contributed by atoms with Gasteiger partial charge in [-0.3, -0.25) is 0 Å². The summed E-state index contributed by atoms with van der Waals surface area (Å²) in [6.45, 7) is 6.57. The van der Waals surface area contributed by atoms with Crippen LogP contribution in [0.15, 0.2) is 224 Å². The Balaban J connectivity index is 0.996. The quantitative estimate of drug-likeness (QED) is 0.148. The van der Waals surface area contributed by atoms with Gasteiger partial charge in [-0.1, -0.05) is 172 Å². The minimum absolute atomic E-state index is 0.281. The number of hydrogen-bond donors (Lipinski definition) is 0. The molecule has 4 heterocycles. The first-order valence-corrected chi connectivity index (χ1v) is 25.4. The largest absolute Gasteiger partial charge is 0.454 e. The highest BCUT2D eigenvalue weighted by molar-refractivity contribution is 6.29. The zero-order chi connectivity index (χ0) is 48.9. The zero-order valence-corrected chi connectivity index (χ0v) is 40.7. The second kappa shape index (κ2) is 15.2. The van der Waals surface area contributed by atoms with Crippen molar-refractivity contribution in [1.29, 1.82) is 0 Å². The van der Waals surface area contributed by atoms with E-state index in [0.29, 0.717) is 0 Å². The number of benzene rings is 12. The molecule has 0 fully saturated rings. The minimum atomic E-state index is 0.281. The molecule has 0 radical (unpaired) electrons. The first-order valence-electron chi connectivity index (χ1n) is 25.4. The number of nitrogens with zero attached hydrogens (tertiary/aromatic N) is 2. The standard InChI is InChI=1S/C68H44N2O4/c1-38(2)42-17-9-19-48-50-23-13-27-58(68(50)74-64(42)48)70(56-25-11-21-46-44-16-5-7-29-60(44)72-66(46)56)54-37-33-41-30-34-51-53(36-32-40-31-35-52(54)62(41)61(40)51)69(55-24-10-20-45-43-15-4-6-28-59(43)71-65(45)55)57-26-12-22-49-47-18-8-14-39(3)63(47)73-67(49)57/h4-38H,1-3H3. The molecule has 0 aliphatic heterocycles. The highest BCUT2D eigenvalue weighted by Gasteiger charge is 2.29. The van der Waals surface area contributed by atoms with Gasteiger partial charge in [0, 0.05) is 53.9 Å². The zero-order valence-electron chi connectivity index (χ0n) is 40.7. The van der Waals surface area contributed by atoms with Crippen molar-refractivity contribution in [3.05, 3.63) is 217 Å². The number of para-hydroxylation sites is 8.